The van der Waals surface area contributed by atoms with Crippen molar-refractivity contribution in [2.45, 2.75) is 44.6 Å². The molecular weight excluding hydrogens is 296 g/mol. The molecule has 0 aromatic heterocycles. The Morgan fingerprint density at radius 3 is 2.75 bits per heavy atom. The second kappa shape index (κ2) is 10.5. The van der Waals surface area contributed by atoms with Crippen molar-refractivity contribution < 1.29 is 0 Å². The first kappa shape index (κ1) is 18.1. The maximum atomic E-state index is 6.96. The van der Waals surface area contributed by atoms with E-state index in [9.17, 15) is 0 Å². The van der Waals surface area contributed by atoms with Gasteiger partial charge in [0.1, 0.15) is 0 Å². The first-order valence-electron chi connectivity index (χ1n) is 8.80. The number of likely N-dealkylation sites (N-methyl/N-ethyl adjacent to an activating group) is 1. The molecule has 128 valence electrons. The number of hydrogen-bond donors (Lipinski definition) is 1. The smallest absolute Gasteiger partial charge is 0.0804 e. The summed E-state index contributed by atoms with van der Waals surface area (Å²) in [5.74, 6) is 0. The zero-order valence-corrected chi connectivity index (χ0v) is 14.6. The van der Waals surface area contributed by atoms with Gasteiger partial charge in [0.15, 0.2) is 0 Å². The molecule has 0 aromatic rings. The summed E-state index contributed by atoms with van der Waals surface area (Å²) in [5, 5.41) is 6.96. The van der Waals surface area contributed by atoms with E-state index in [0.717, 1.165) is 24.4 Å². The van der Waals surface area contributed by atoms with Gasteiger partial charge in [-0.15, -0.1) is 0 Å². The molecule has 3 rings (SSSR count). The number of aliphatic imine (C=N–C) groups is 2. The van der Waals surface area contributed by atoms with Crippen molar-refractivity contribution in [3.8, 4) is 0 Å². The fourth-order valence-electron chi connectivity index (χ4n) is 2.77. The van der Waals surface area contributed by atoms with Gasteiger partial charge in [-0.1, -0.05) is 43.6 Å². The van der Waals surface area contributed by atoms with Gasteiger partial charge in [-0.05, 0) is 31.4 Å². The van der Waals surface area contributed by atoms with Crippen LogP contribution in [0.4, 0.5) is 0 Å². The van der Waals surface area contributed by atoms with Crippen LogP contribution in [0.15, 0.2) is 58.3 Å². The monoisotopic (exact) mass is 324 g/mol. The summed E-state index contributed by atoms with van der Waals surface area (Å²) in [4.78, 5) is 10.9. The Kier molecular flexibility index (Phi) is 7.94. The van der Waals surface area contributed by atoms with E-state index >= 15 is 0 Å². The fourth-order valence-corrected chi connectivity index (χ4v) is 2.77. The summed E-state index contributed by atoms with van der Waals surface area (Å²) in [7, 11) is 1.97. The van der Waals surface area contributed by atoms with Gasteiger partial charge in [0.2, 0.25) is 0 Å². The third kappa shape index (κ3) is 6.49. The molecule has 0 bridgehead atoms. The highest BCUT2D eigenvalue weighted by molar-refractivity contribution is 6.36. The van der Waals surface area contributed by atoms with Gasteiger partial charge in [0, 0.05) is 32.2 Å². The summed E-state index contributed by atoms with van der Waals surface area (Å²) >= 11 is 0. The molecule has 1 N–H and O–H groups in total. The maximum Gasteiger partial charge on any atom is 0.0804 e. The first-order valence-corrected chi connectivity index (χ1v) is 8.80. The number of rotatable bonds is 3. The highest BCUT2D eigenvalue weighted by Crippen LogP contribution is 2.19. The van der Waals surface area contributed by atoms with Crippen molar-refractivity contribution in [3.63, 3.8) is 0 Å². The number of nitrogens with one attached hydrogen (secondary N) is 1. The molecule has 0 atom stereocenters. The van der Waals surface area contributed by atoms with Crippen molar-refractivity contribution in [1.29, 1.82) is 5.41 Å². The van der Waals surface area contributed by atoms with Crippen molar-refractivity contribution in [2.24, 2.45) is 9.98 Å². The summed E-state index contributed by atoms with van der Waals surface area (Å²) < 4.78 is 0. The summed E-state index contributed by atoms with van der Waals surface area (Å²) in [5.41, 5.74) is 1.95. The standard InChI is InChI=1S/C13H18N2.C7H10N2/c1-3-7-12(8-4-1)15-11-13-9-5-2-6-10-14-13;1-9-5-3-2-4-7(9)6-8/h5-6,9-12H,1-4,7-8H2;2-4,6,8H,5H2,1H3. The average Bonchev–Trinajstić information content (AvgIpc) is 2.91. The molecule has 0 amide bonds. The highest BCUT2D eigenvalue weighted by atomic mass is 15.1. The Balaban J connectivity index is 0.000000198. The summed E-state index contributed by atoms with van der Waals surface area (Å²) in [6.45, 7) is 0.918. The predicted molar refractivity (Wildman–Crippen MR) is 104 cm³/mol. The Labute approximate surface area is 145 Å². The van der Waals surface area contributed by atoms with Gasteiger partial charge in [0.25, 0.3) is 0 Å². The molecule has 0 unspecified atom stereocenters. The van der Waals surface area contributed by atoms with Gasteiger partial charge < -0.3 is 10.3 Å². The molecule has 0 spiro atoms. The lowest BCUT2D eigenvalue weighted by Gasteiger charge is -2.19. The van der Waals surface area contributed by atoms with E-state index in [2.05, 4.69) is 28.2 Å². The van der Waals surface area contributed by atoms with E-state index in [4.69, 9.17) is 5.41 Å². The average molecular weight is 324 g/mol. The van der Waals surface area contributed by atoms with E-state index in [1.807, 2.05) is 42.6 Å². The minimum Gasteiger partial charge on any atom is -0.370 e. The van der Waals surface area contributed by atoms with Crippen LogP contribution in [0.5, 0.6) is 0 Å². The molecule has 0 aromatic carbocycles. The fraction of sp³-hybridized carbons (Fsp3) is 0.450. The largest absolute Gasteiger partial charge is 0.370 e. The maximum absolute atomic E-state index is 6.96. The SMILES string of the molecule is C1=CN=C(C=NC2CCCCC2)C=CC1.CN1CC=CC=C1C=N. The van der Waals surface area contributed by atoms with E-state index in [-0.39, 0.29) is 0 Å². The molecule has 4 heteroatoms. The van der Waals surface area contributed by atoms with Crippen LogP contribution < -0.4 is 0 Å². The summed E-state index contributed by atoms with van der Waals surface area (Å²) in [6.07, 6.45) is 24.9. The molecule has 3 aliphatic rings. The number of allylic oxidation sites excluding steroid dienone is 6. The zero-order chi connectivity index (χ0) is 17.0. The van der Waals surface area contributed by atoms with Gasteiger partial charge in [0.05, 0.1) is 17.5 Å². The minimum absolute atomic E-state index is 0.544. The third-order valence-corrected chi connectivity index (χ3v) is 4.25. The minimum atomic E-state index is 0.544. The third-order valence-electron chi connectivity index (χ3n) is 4.25. The number of hydrogen-bond acceptors (Lipinski definition) is 4. The van der Waals surface area contributed by atoms with E-state index in [1.165, 1.54) is 38.3 Å². The topological polar surface area (TPSA) is 51.8 Å². The van der Waals surface area contributed by atoms with E-state index in [1.54, 1.807) is 0 Å². The van der Waals surface area contributed by atoms with Crippen LogP contribution in [0.2, 0.25) is 0 Å². The van der Waals surface area contributed by atoms with Crippen LogP contribution in [0.25, 0.3) is 0 Å². The zero-order valence-electron chi connectivity index (χ0n) is 14.6. The van der Waals surface area contributed by atoms with Gasteiger partial charge >= 0.3 is 0 Å². The van der Waals surface area contributed by atoms with Crippen LogP contribution in [0.3, 0.4) is 0 Å². The van der Waals surface area contributed by atoms with Gasteiger partial charge in [-0.2, -0.15) is 0 Å². The molecule has 24 heavy (non-hydrogen) atoms. The van der Waals surface area contributed by atoms with Crippen LogP contribution in [0.1, 0.15) is 38.5 Å². The lowest BCUT2D eigenvalue weighted by molar-refractivity contribution is 0.444. The Hall–Kier alpha value is -2.23. The van der Waals surface area contributed by atoms with Crippen molar-refractivity contribution in [1.82, 2.24) is 4.90 Å². The number of nitrogens with zero attached hydrogens (tertiary/aromatic N) is 3. The Bertz CT molecular complexity index is 572. The molecule has 1 aliphatic carbocycles. The highest BCUT2D eigenvalue weighted by Gasteiger charge is 2.10. The predicted octanol–water partition coefficient (Wildman–Crippen LogP) is 4.33. The van der Waals surface area contributed by atoms with Gasteiger partial charge in [-0.25, -0.2) is 0 Å². The van der Waals surface area contributed by atoms with E-state index in [0.29, 0.717) is 6.04 Å². The molecule has 2 aliphatic heterocycles. The lowest BCUT2D eigenvalue weighted by Crippen LogP contribution is -2.20. The van der Waals surface area contributed by atoms with Crippen LogP contribution >= 0.6 is 0 Å². The quantitative estimate of drug-likeness (QED) is 0.772. The normalized spacial score (nSPS) is 21.0. The molecule has 1 fully saturated rings. The van der Waals surface area contributed by atoms with Gasteiger partial charge in [-0.3, -0.25) is 9.98 Å². The second-order valence-electron chi connectivity index (χ2n) is 6.19. The van der Waals surface area contributed by atoms with Crippen LogP contribution in [-0.2, 0) is 0 Å². The Morgan fingerprint density at radius 1 is 1.21 bits per heavy atom. The molecular formula is C20H28N4. The lowest BCUT2D eigenvalue weighted by atomic mass is 9.96. The van der Waals surface area contributed by atoms with Crippen LogP contribution in [0, 0.1) is 5.41 Å². The molecule has 0 saturated heterocycles. The molecule has 0 radical (unpaired) electrons. The van der Waals surface area contributed by atoms with Crippen molar-refractivity contribution in [3.05, 3.63) is 48.4 Å². The molecule has 1 saturated carbocycles. The van der Waals surface area contributed by atoms with Crippen molar-refractivity contribution >= 4 is 18.1 Å². The molecule has 2 heterocycles. The summed E-state index contributed by atoms with van der Waals surface area (Å²) in [6, 6.07) is 0.544. The van der Waals surface area contributed by atoms with Crippen LogP contribution in [-0.4, -0.2) is 42.7 Å². The Morgan fingerprint density at radius 2 is 2.04 bits per heavy atom. The molecule has 4 nitrogen and oxygen atoms in total. The van der Waals surface area contributed by atoms with E-state index < -0.39 is 0 Å². The first-order chi connectivity index (χ1) is 11.8. The van der Waals surface area contributed by atoms with Crippen molar-refractivity contribution in [2.75, 3.05) is 13.6 Å². The second-order valence-corrected chi connectivity index (χ2v) is 6.19.